The molecule has 3 nitrogen and oxygen atoms in total. The van der Waals surface area contributed by atoms with Gasteiger partial charge in [0.05, 0.1) is 23.0 Å². The topological polar surface area (TPSA) is 42.4 Å². The van der Waals surface area contributed by atoms with Crippen LogP contribution in [0.25, 0.3) is 0 Å². The molecular formula is C13H11BrClNO2. The lowest BCUT2D eigenvalue weighted by molar-refractivity contribution is 0.194. The van der Waals surface area contributed by atoms with Crippen molar-refractivity contribution in [3.8, 4) is 11.5 Å². The SMILES string of the molecule is CC(O)c1ccc(Oc2cc(Br)ccc2Cl)cn1. The molecule has 2 rings (SSSR count). The number of nitrogens with zero attached hydrogens (tertiary/aromatic N) is 1. The molecule has 1 aromatic heterocycles. The number of ether oxygens (including phenoxy) is 1. The van der Waals surface area contributed by atoms with Crippen LogP contribution in [-0.2, 0) is 0 Å². The molecule has 1 atom stereocenters. The van der Waals surface area contributed by atoms with Crippen molar-refractivity contribution in [2.75, 3.05) is 0 Å². The maximum Gasteiger partial charge on any atom is 0.147 e. The van der Waals surface area contributed by atoms with Crippen LogP contribution in [0.5, 0.6) is 11.5 Å². The Balaban J connectivity index is 2.21. The van der Waals surface area contributed by atoms with Gasteiger partial charge in [0.15, 0.2) is 0 Å². The van der Waals surface area contributed by atoms with E-state index in [-0.39, 0.29) is 0 Å². The van der Waals surface area contributed by atoms with Gasteiger partial charge in [-0.25, -0.2) is 0 Å². The molecule has 1 N–H and O–H groups in total. The summed E-state index contributed by atoms with van der Waals surface area (Å²) in [5, 5.41) is 9.88. The Morgan fingerprint density at radius 2 is 2.11 bits per heavy atom. The van der Waals surface area contributed by atoms with E-state index in [2.05, 4.69) is 20.9 Å². The van der Waals surface area contributed by atoms with Gasteiger partial charge in [-0.3, -0.25) is 4.98 Å². The van der Waals surface area contributed by atoms with Crippen LogP contribution < -0.4 is 4.74 Å². The summed E-state index contributed by atoms with van der Waals surface area (Å²) in [5.41, 5.74) is 0.600. The van der Waals surface area contributed by atoms with Gasteiger partial charge in [0.1, 0.15) is 11.5 Å². The van der Waals surface area contributed by atoms with Crippen molar-refractivity contribution in [3.05, 3.63) is 51.7 Å². The van der Waals surface area contributed by atoms with Crippen LogP contribution >= 0.6 is 27.5 Å². The summed E-state index contributed by atoms with van der Waals surface area (Å²) in [6.45, 7) is 1.66. The summed E-state index contributed by atoms with van der Waals surface area (Å²) in [5.74, 6) is 1.12. The standard InChI is InChI=1S/C13H11BrClNO2/c1-8(17)12-5-3-10(7-16-12)18-13-6-9(14)2-4-11(13)15/h2-8,17H,1H3. The third-order valence-corrected chi connectivity index (χ3v) is 3.11. The first-order chi connectivity index (χ1) is 8.56. The third-order valence-electron chi connectivity index (χ3n) is 2.31. The average Bonchev–Trinajstić information content (AvgIpc) is 2.34. The van der Waals surface area contributed by atoms with Crippen LogP contribution in [0.1, 0.15) is 18.7 Å². The van der Waals surface area contributed by atoms with Gasteiger partial charge in [0.2, 0.25) is 0 Å². The predicted molar refractivity (Wildman–Crippen MR) is 74.1 cm³/mol. The second kappa shape index (κ2) is 5.69. The highest BCUT2D eigenvalue weighted by atomic mass is 79.9. The molecule has 0 saturated heterocycles. The van der Waals surface area contributed by atoms with Crippen molar-refractivity contribution >= 4 is 27.5 Å². The summed E-state index contributed by atoms with van der Waals surface area (Å²) in [7, 11) is 0. The fourth-order valence-electron chi connectivity index (χ4n) is 1.38. The van der Waals surface area contributed by atoms with E-state index in [0.29, 0.717) is 22.2 Å². The summed E-state index contributed by atoms with van der Waals surface area (Å²) in [4.78, 5) is 4.10. The highest BCUT2D eigenvalue weighted by Crippen LogP contribution is 2.31. The molecule has 0 aliphatic heterocycles. The summed E-state index contributed by atoms with van der Waals surface area (Å²) in [6, 6.07) is 8.83. The Kier molecular flexibility index (Phi) is 4.22. The molecule has 0 radical (unpaired) electrons. The fourth-order valence-corrected chi connectivity index (χ4v) is 1.88. The lowest BCUT2D eigenvalue weighted by Gasteiger charge is -2.09. The Bertz CT molecular complexity index is 543. The van der Waals surface area contributed by atoms with Crippen molar-refractivity contribution in [1.82, 2.24) is 4.98 Å². The minimum absolute atomic E-state index is 0.526. The van der Waals surface area contributed by atoms with Gasteiger partial charge >= 0.3 is 0 Å². The van der Waals surface area contributed by atoms with Crippen molar-refractivity contribution < 1.29 is 9.84 Å². The van der Waals surface area contributed by atoms with E-state index in [1.807, 2.05) is 6.07 Å². The molecule has 1 unspecified atom stereocenters. The number of pyridine rings is 1. The minimum Gasteiger partial charge on any atom is -0.454 e. The Hall–Kier alpha value is -1.10. The Morgan fingerprint density at radius 3 is 2.72 bits per heavy atom. The van der Waals surface area contributed by atoms with Crippen molar-refractivity contribution in [3.63, 3.8) is 0 Å². The zero-order valence-electron chi connectivity index (χ0n) is 9.60. The van der Waals surface area contributed by atoms with Crippen LogP contribution in [-0.4, -0.2) is 10.1 Å². The monoisotopic (exact) mass is 327 g/mol. The predicted octanol–water partition coefficient (Wildman–Crippen LogP) is 4.34. The zero-order chi connectivity index (χ0) is 13.1. The van der Waals surface area contributed by atoms with Gasteiger partial charge in [-0.2, -0.15) is 0 Å². The number of aliphatic hydroxyl groups excluding tert-OH is 1. The number of benzene rings is 1. The van der Waals surface area contributed by atoms with E-state index < -0.39 is 6.10 Å². The molecule has 0 spiro atoms. The van der Waals surface area contributed by atoms with E-state index >= 15 is 0 Å². The number of hydrogen-bond donors (Lipinski definition) is 1. The molecule has 0 aliphatic rings. The van der Waals surface area contributed by atoms with Gasteiger partial charge in [-0.05, 0) is 37.3 Å². The molecule has 0 bridgehead atoms. The minimum atomic E-state index is -0.589. The molecule has 0 aliphatic carbocycles. The summed E-state index contributed by atoms with van der Waals surface area (Å²) in [6.07, 6.45) is 0.966. The first-order valence-corrected chi connectivity index (χ1v) is 6.50. The molecule has 0 amide bonds. The number of rotatable bonds is 3. The van der Waals surface area contributed by atoms with Gasteiger partial charge in [0, 0.05) is 4.47 Å². The highest BCUT2D eigenvalue weighted by molar-refractivity contribution is 9.10. The average molecular weight is 329 g/mol. The van der Waals surface area contributed by atoms with E-state index in [0.717, 1.165) is 4.47 Å². The van der Waals surface area contributed by atoms with E-state index in [9.17, 15) is 5.11 Å². The van der Waals surface area contributed by atoms with Crippen molar-refractivity contribution in [1.29, 1.82) is 0 Å². The first kappa shape index (κ1) is 13.3. The second-order valence-corrected chi connectivity index (χ2v) is 5.09. The smallest absolute Gasteiger partial charge is 0.147 e. The van der Waals surface area contributed by atoms with E-state index in [4.69, 9.17) is 16.3 Å². The highest BCUT2D eigenvalue weighted by Gasteiger charge is 2.06. The first-order valence-electron chi connectivity index (χ1n) is 5.33. The molecule has 2 aromatic rings. The van der Waals surface area contributed by atoms with E-state index in [1.54, 1.807) is 37.4 Å². The number of hydrogen-bond acceptors (Lipinski definition) is 3. The zero-order valence-corrected chi connectivity index (χ0v) is 11.9. The van der Waals surface area contributed by atoms with Crippen LogP contribution in [0.4, 0.5) is 0 Å². The number of aromatic nitrogens is 1. The van der Waals surface area contributed by atoms with Gasteiger partial charge in [-0.15, -0.1) is 0 Å². The maximum absolute atomic E-state index is 9.35. The van der Waals surface area contributed by atoms with Crippen molar-refractivity contribution in [2.24, 2.45) is 0 Å². The van der Waals surface area contributed by atoms with Crippen molar-refractivity contribution in [2.45, 2.75) is 13.0 Å². The van der Waals surface area contributed by atoms with Crippen LogP contribution in [0.3, 0.4) is 0 Å². The lowest BCUT2D eigenvalue weighted by Crippen LogP contribution is -1.95. The second-order valence-electron chi connectivity index (χ2n) is 3.77. The number of aliphatic hydroxyl groups is 1. The molecule has 0 fully saturated rings. The molecule has 1 aromatic carbocycles. The van der Waals surface area contributed by atoms with Crippen LogP contribution in [0.2, 0.25) is 5.02 Å². The van der Waals surface area contributed by atoms with Crippen LogP contribution in [0, 0.1) is 0 Å². The van der Waals surface area contributed by atoms with Crippen LogP contribution in [0.15, 0.2) is 41.0 Å². The fraction of sp³-hybridized carbons (Fsp3) is 0.154. The van der Waals surface area contributed by atoms with Gasteiger partial charge in [-0.1, -0.05) is 27.5 Å². The van der Waals surface area contributed by atoms with Gasteiger partial charge in [0.25, 0.3) is 0 Å². The molecule has 5 heteroatoms. The number of halogens is 2. The Labute approximate surface area is 119 Å². The Morgan fingerprint density at radius 1 is 1.33 bits per heavy atom. The lowest BCUT2D eigenvalue weighted by atomic mass is 10.2. The maximum atomic E-state index is 9.35. The normalized spacial score (nSPS) is 12.2. The summed E-state index contributed by atoms with van der Waals surface area (Å²) < 4.78 is 6.50. The largest absolute Gasteiger partial charge is 0.454 e. The molecule has 1 heterocycles. The summed E-state index contributed by atoms with van der Waals surface area (Å²) >= 11 is 9.37. The third kappa shape index (κ3) is 3.22. The quantitative estimate of drug-likeness (QED) is 0.911. The molecular weight excluding hydrogens is 318 g/mol. The molecule has 0 saturated carbocycles. The molecule has 18 heavy (non-hydrogen) atoms. The van der Waals surface area contributed by atoms with E-state index in [1.165, 1.54) is 0 Å². The molecule has 94 valence electrons. The van der Waals surface area contributed by atoms with Gasteiger partial charge < -0.3 is 9.84 Å².